The first-order valence-electron chi connectivity index (χ1n) is 8.54. The highest BCUT2D eigenvalue weighted by molar-refractivity contribution is 7.92. The molecule has 152 valence electrons. The van der Waals surface area contributed by atoms with Crippen molar-refractivity contribution in [3.05, 3.63) is 89.2 Å². The first-order chi connectivity index (χ1) is 13.5. The van der Waals surface area contributed by atoms with Gasteiger partial charge in [-0.2, -0.15) is 0 Å². The zero-order valence-electron chi connectivity index (χ0n) is 15.5. The molecule has 0 amide bonds. The Kier molecular flexibility index (Phi) is 5.74. The highest BCUT2D eigenvalue weighted by Crippen LogP contribution is 2.24. The Morgan fingerprint density at radius 3 is 2.03 bits per heavy atom. The van der Waals surface area contributed by atoms with Crippen LogP contribution in [0.3, 0.4) is 0 Å². The third-order valence-corrected chi connectivity index (χ3v) is 6.60. The van der Waals surface area contributed by atoms with E-state index in [1.807, 2.05) is 6.92 Å². The number of halogens is 1. The van der Waals surface area contributed by atoms with Crippen molar-refractivity contribution in [2.75, 3.05) is 4.72 Å². The molecule has 0 aliphatic rings. The number of nitrogens with two attached hydrogens (primary N) is 1. The fourth-order valence-electron chi connectivity index (χ4n) is 2.75. The van der Waals surface area contributed by atoms with Crippen LogP contribution in [0.5, 0.6) is 0 Å². The minimum Gasteiger partial charge on any atom is -0.279 e. The molecule has 0 radical (unpaired) electrons. The molecule has 0 bridgehead atoms. The quantitative estimate of drug-likeness (QED) is 0.621. The molecule has 6 nitrogen and oxygen atoms in total. The molecule has 3 N–H and O–H groups in total. The van der Waals surface area contributed by atoms with E-state index in [2.05, 4.69) is 4.72 Å². The molecule has 0 aromatic heterocycles. The van der Waals surface area contributed by atoms with Gasteiger partial charge in [0, 0.05) is 0 Å². The van der Waals surface area contributed by atoms with Crippen molar-refractivity contribution in [2.45, 2.75) is 23.1 Å². The Morgan fingerprint density at radius 2 is 1.45 bits per heavy atom. The summed E-state index contributed by atoms with van der Waals surface area (Å²) in [5.41, 5.74) is 2.24. The SMILES string of the molecule is Cc1ccc(S(=O)(=O)Nc2ccc(F)cc2Cc2ccc(S(N)(=O)=O)cc2)cc1. The molecule has 0 aliphatic carbocycles. The van der Waals surface area contributed by atoms with E-state index < -0.39 is 25.9 Å². The zero-order valence-corrected chi connectivity index (χ0v) is 17.1. The largest absolute Gasteiger partial charge is 0.279 e. The molecule has 0 saturated carbocycles. The van der Waals surface area contributed by atoms with Gasteiger partial charge in [-0.15, -0.1) is 0 Å². The summed E-state index contributed by atoms with van der Waals surface area (Å²) in [5, 5.41) is 5.08. The first kappa shape index (κ1) is 21.0. The van der Waals surface area contributed by atoms with Gasteiger partial charge in [0.25, 0.3) is 10.0 Å². The van der Waals surface area contributed by atoms with Crippen molar-refractivity contribution in [1.29, 1.82) is 0 Å². The second kappa shape index (κ2) is 7.94. The molecule has 3 aromatic rings. The van der Waals surface area contributed by atoms with Gasteiger partial charge >= 0.3 is 0 Å². The Bertz CT molecular complexity index is 1240. The van der Waals surface area contributed by atoms with Gasteiger partial charge in [0.2, 0.25) is 10.0 Å². The third kappa shape index (κ3) is 5.20. The number of primary sulfonamides is 1. The van der Waals surface area contributed by atoms with Gasteiger partial charge in [0.15, 0.2) is 0 Å². The van der Waals surface area contributed by atoms with Crippen LogP contribution in [0, 0.1) is 12.7 Å². The van der Waals surface area contributed by atoms with Crippen LogP contribution >= 0.6 is 0 Å². The summed E-state index contributed by atoms with van der Waals surface area (Å²) in [6, 6.07) is 15.9. The van der Waals surface area contributed by atoms with Crippen molar-refractivity contribution in [2.24, 2.45) is 5.14 Å². The molecule has 29 heavy (non-hydrogen) atoms. The molecular formula is C20H19FN2O4S2. The molecule has 0 saturated heterocycles. The van der Waals surface area contributed by atoms with Gasteiger partial charge in [0.05, 0.1) is 15.5 Å². The molecule has 3 aromatic carbocycles. The average Bonchev–Trinajstić information content (AvgIpc) is 2.64. The van der Waals surface area contributed by atoms with Crippen molar-refractivity contribution in [3.63, 3.8) is 0 Å². The van der Waals surface area contributed by atoms with E-state index in [4.69, 9.17) is 5.14 Å². The molecule has 0 atom stereocenters. The topological polar surface area (TPSA) is 106 Å². The lowest BCUT2D eigenvalue weighted by atomic mass is 10.0. The minimum atomic E-state index is -3.85. The molecule has 0 heterocycles. The Balaban J connectivity index is 1.91. The number of nitrogens with one attached hydrogen (secondary N) is 1. The third-order valence-electron chi connectivity index (χ3n) is 4.29. The number of hydrogen-bond donors (Lipinski definition) is 2. The second-order valence-electron chi connectivity index (χ2n) is 6.59. The molecule has 0 aliphatic heterocycles. The molecule has 9 heteroatoms. The number of sulfonamides is 2. The van der Waals surface area contributed by atoms with Crippen molar-refractivity contribution < 1.29 is 21.2 Å². The number of benzene rings is 3. The number of hydrogen-bond acceptors (Lipinski definition) is 4. The van der Waals surface area contributed by atoms with Crippen molar-refractivity contribution in [1.82, 2.24) is 0 Å². The van der Waals surface area contributed by atoms with E-state index in [9.17, 15) is 21.2 Å². The van der Waals surface area contributed by atoms with Gasteiger partial charge in [0.1, 0.15) is 5.82 Å². The lowest BCUT2D eigenvalue weighted by molar-refractivity contribution is 0.597. The Morgan fingerprint density at radius 1 is 0.862 bits per heavy atom. The average molecular weight is 435 g/mol. The maximum Gasteiger partial charge on any atom is 0.261 e. The van der Waals surface area contributed by atoms with Crippen LogP contribution < -0.4 is 9.86 Å². The zero-order chi connectivity index (χ0) is 21.2. The fourth-order valence-corrected chi connectivity index (χ4v) is 4.36. The van der Waals surface area contributed by atoms with E-state index in [1.54, 1.807) is 24.3 Å². The van der Waals surface area contributed by atoms with Crippen molar-refractivity contribution in [3.8, 4) is 0 Å². The monoisotopic (exact) mass is 434 g/mol. The minimum absolute atomic E-state index is 0.0409. The lowest BCUT2D eigenvalue weighted by Crippen LogP contribution is -2.14. The highest BCUT2D eigenvalue weighted by Gasteiger charge is 2.17. The van der Waals surface area contributed by atoms with Gasteiger partial charge < -0.3 is 0 Å². The number of aryl methyl sites for hydroxylation is 1. The van der Waals surface area contributed by atoms with Crippen LogP contribution in [0.25, 0.3) is 0 Å². The predicted octanol–water partition coefficient (Wildman–Crippen LogP) is 3.17. The van der Waals surface area contributed by atoms with Crippen LogP contribution in [-0.2, 0) is 26.5 Å². The second-order valence-corrected chi connectivity index (χ2v) is 9.83. The maximum atomic E-state index is 13.8. The normalized spacial score (nSPS) is 12.0. The van der Waals surface area contributed by atoms with Crippen LogP contribution in [-0.4, -0.2) is 16.8 Å². The summed E-state index contributed by atoms with van der Waals surface area (Å²) < 4.78 is 64.4. The van der Waals surface area contributed by atoms with Crippen LogP contribution in [0.2, 0.25) is 0 Å². The molecular weight excluding hydrogens is 415 g/mol. The number of rotatable bonds is 6. The summed E-state index contributed by atoms with van der Waals surface area (Å²) in [6.07, 6.45) is 0.189. The maximum absolute atomic E-state index is 13.8. The fraction of sp³-hybridized carbons (Fsp3) is 0.100. The summed E-state index contributed by atoms with van der Waals surface area (Å²) in [5.74, 6) is -0.514. The van der Waals surface area contributed by atoms with Gasteiger partial charge in [-0.3, -0.25) is 4.72 Å². The van der Waals surface area contributed by atoms with E-state index in [0.29, 0.717) is 11.1 Å². The van der Waals surface area contributed by atoms with Gasteiger partial charge in [-0.25, -0.2) is 26.4 Å². The summed E-state index contributed by atoms with van der Waals surface area (Å²) in [6.45, 7) is 1.85. The number of anilines is 1. The van der Waals surface area contributed by atoms with Gasteiger partial charge in [-0.1, -0.05) is 29.8 Å². The molecule has 3 rings (SSSR count). The Hall–Kier alpha value is -2.75. The Labute approximate surface area is 169 Å². The van der Waals surface area contributed by atoms with Crippen LogP contribution in [0.15, 0.2) is 76.5 Å². The summed E-state index contributed by atoms with van der Waals surface area (Å²) >= 11 is 0. The smallest absolute Gasteiger partial charge is 0.261 e. The molecule has 0 fully saturated rings. The van der Waals surface area contributed by atoms with Gasteiger partial charge in [-0.05, 0) is 66.9 Å². The van der Waals surface area contributed by atoms with E-state index in [0.717, 1.165) is 5.56 Å². The predicted molar refractivity (Wildman–Crippen MR) is 109 cm³/mol. The standard InChI is InChI=1S/C20H19FN2O4S2/c1-14-2-7-19(8-3-14)29(26,27)23-20-11-6-17(21)13-16(20)12-15-4-9-18(10-5-15)28(22,24)25/h2-11,13,23H,12H2,1H3,(H2,22,24,25). The highest BCUT2D eigenvalue weighted by atomic mass is 32.2. The van der Waals surface area contributed by atoms with Crippen LogP contribution in [0.4, 0.5) is 10.1 Å². The van der Waals surface area contributed by atoms with E-state index in [-0.39, 0.29) is 21.9 Å². The van der Waals surface area contributed by atoms with E-state index >= 15 is 0 Å². The van der Waals surface area contributed by atoms with E-state index in [1.165, 1.54) is 42.5 Å². The summed E-state index contributed by atoms with van der Waals surface area (Å²) in [7, 11) is -7.67. The summed E-state index contributed by atoms with van der Waals surface area (Å²) in [4.78, 5) is 0.0525. The van der Waals surface area contributed by atoms with Crippen LogP contribution in [0.1, 0.15) is 16.7 Å². The van der Waals surface area contributed by atoms with Crippen molar-refractivity contribution >= 4 is 25.7 Å². The molecule has 0 spiro atoms. The lowest BCUT2D eigenvalue weighted by Gasteiger charge is -2.13. The molecule has 0 unspecified atom stereocenters. The first-order valence-corrected chi connectivity index (χ1v) is 11.6.